The number of benzene rings is 1. The molecule has 24 heavy (non-hydrogen) atoms. The molecule has 6 heteroatoms. The Morgan fingerprint density at radius 2 is 1.96 bits per heavy atom. The van der Waals surface area contributed by atoms with Crippen LogP contribution in [0.2, 0.25) is 0 Å². The molecule has 5 nitrogen and oxygen atoms in total. The zero-order valence-electron chi connectivity index (χ0n) is 13.3. The van der Waals surface area contributed by atoms with E-state index in [1.54, 1.807) is 10.9 Å². The lowest BCUT2D eigenvalue weighted by Gasteiger charge is -2.32. The molecular weight excluding hydrogens is 322 g/mol. The molecule has 1 saturated carbocycles. The first-order valence-electron chi connectivity index (χ1n) is 8.21. The Labute approximate surface area is 144 Å². The average Bonchev–Trinajstić information content (AvgIpc) is 3.03. The second-order valence-electron chi connectivity index (χ2n) is 6.62. The molecule has 1 atom stereocenters. The number of aromatic nitrogens is 1. The van der Waals surface area contributed by atoms with Crippen molar-refractivity contribution in [2.24, 2.45) is 5.41 Å². The molecule has 1 aliphatic heterocycles. The Kier molecular flexibility index (Phi) is 3.84. The predicted octanol–water partition coefficient (Wildman–Crippen LogP) is 2.57. The van der Waals surface area contributed by atoms with Crippen LogP contribution in [-0.2, 0) is 0 Å². The lowest BCUT2D eigenvalue weighted by molar-refractivity contribution is 0.0663. The van der Waals surface area contributed by atoms with Crippen molar-refractivity contribution in [3.63, 3.8) is 0 Å². The first-order chi connectivity index (χ1) is 11.7. The van der Waals surface area contributed by atoms with Gasteiger partial charge < -0.3 is 10.2 Å². The maximum absolute atomic E-state index is 12.3. The van der Waals surface area contributed by atoms with Gasteiger partial charge in [-0.3, -0.25) is 9.59 Å². The van der Waals surface area contributed by atoms with Gasteiger partial charge in [0.25, 0.3) is 11.8 Å². The SMILES string of the molecule is O=C(NC1CC12CCN(C(=O)c1cscn1)CC2)c1ccccc1. The summed E-state index contributed by atoms with van der Waals surface area (Å²) < 4.78 is 0. The maximum atomic E-state index is 12.3. The standard InChI is InChI=1S/C18H19N3O2S/c22-16(13-4-2-1-3-5-13)20-15-10-18(15)6-8-21(9-7-18)17(23)14-11-24-12-19-14/h1-5,11-12,15H,6-10H2,(H,20,22). The van der Waals surface area contributed by atoms with Crippen LogP contribution in [0.5, 0.6) is 0 Å². The number of carbonyl (C=O) groups excluding carboxylic acids is 2. The molecule has 2 aliphatic rings. The third kappa shape index (κ3) is 2.82. The van der Waals surface area contributed by atoms with Gasteiger partial charge in [-0.2, -0.15) is 0 Å². The van der Waals surface area contributed by atoms with E-state index in [1.165, 1.54) is 11.3 Å². The summed E-state index contributed by atoms with van der Waals surface area (Å²) in [6, 6.07) is 9.56. The largest absolute Gasteiger partial charge is 0.349 e. The fourth-order valence-corrected chi connectivity index (χ4v) is 4.10. The zero-order chi connectivity index (χ0) is 16.6. The number of piperidine rings is 1. The molecule has 1 spiro atoms. The van der Waals surface area contributed by atoms with Gasteiger partial charge in [0.05, 0.1) is 5.51 Å². The van der Waals surface area contributed by atoms with E-state index in [4.69, 9.17) is 0 Å². The molecule has 2 amide bonds. The maximum Gasteiger partial charge on any atom is 0.273 e. The van der Waals surface area contributed by atoms with Crippen molar-refractivity contribution in [2.75, 3.05) is 13.1 Å². The Morgan fingerprint density at radius 1 is 1.21 bits per heavy atom. The number of carbonyl (C=O) groups is 2. The number of likely N-dealkylation sites (tertiary alicyclic amines) is 1. The van der Waals surface area contributed by atoms with E-state index < -0.39 is 0 Å². The van der Waals surface area contributed by atoms with Gasteiger partial charge in [0, 0.05) is 30.1 Å². The Morgan fingerprint density at radius 3 is 2.62 bits per heavy atom. The van der Waals surface area contributed by atoms with Crippen molar-refractivity contribution in [3.05, 3.63) is 52.5 Å². The van der Waals surface area contributed by atoms with Gasteiger partial charge in [-0.1, -0.05) is 18.2 Å². The number of thiazole rings is 1. The molecule has 2 heterocycles. The van der Waals surface area contributed by atoms with Crippen molar-refractivity contribution in [3.8, 4) is 0 Å². The Hall–Kier alpha value is -2.21. The van der Waals surface area contributed by atoms with Crippen LogP contribution in [0.3, 0.4) is 0 Å². The van der Waals surface area contributed by atoms with Gasteiger partial charge >= 0.3 is 0 Å². The van der Waals surface area contributed by atoms with Crippen molar-refractivity contribution in [2.45, 2.75) is 25.3 Å². The number of nitrogens with one attached hydrogen (secondary N) is 1. The van der Waals surface area contributed by atoms with Crippen LogP contribution in [0.25, 0.3) is 0 Å². The topological polar surface area (TPSA) is 62.3 Å². The summed E-state index contributed by atoms with van der Waals surface area (Å²) in [4.78, 5) is 30.6. The van der Waals surface area contributed by atoms with Crippen molar-refractivity contribution in [1.29, 1.82) is 0 Å². The number of hydrogen-bond acceptors (Lipinski definition) is 4. The molecule has 2 fully saturated rings. The minimum Gasteiger partial charge on any atom is -0.349 e. The Bertz CT molecular complexity index is 737. The van der Waals surface area contributed by atoms with E-state index in [2.05, 4.69) is 10.3 Å². The molecule has 4 rings (SSSR count). The molecule has 1 saturated heterocycles. The molecule has 0 radical (unpaired) electrons. The van der Waals surface area contributed by atoms with Crippen molar-refractivity contribution in [1.82, 2.24) is 15.2 Å². The predicted molar refractivity (Wildman–Crippen MR) is 92.0 cm³/mol. The van der Waals surface area contributed by atoms with Crippen LogP contribution in [0.1, 0.15) is 40.1 Å². The highest BCUT2D eigenvalue weighted by atomic mass is 32.1. The lowest BCUT2D eigenvalue weighted by Crippen LogP contribution is -2.41. The smallest absolute Gasteiger partial charge is 0.273 e. The lowest BCUT2D eigenvalue weighted by atomic mass is 9.92. The zero-order valence-corrected chi connectivity index (χ0v) is 14.1. The molecule has 0 bridgehead atoms. The summed E-state index contributed by atoms with van der Waals surface area (Å²) in [5.74, 6) is 0.0232. The van der Waals surface area contributed by atoms with Crippen molar-refractivity contribution >= 4 is 23.2 Å². The first-order valence-corrected chi connectivity index (χ1v) is 9.16. The van der Waals surface area contributed by atoms with E-state index in [0.717, 1.165) is 32.4 Å². The monoisotopic (exact) mass is 341 g/mol. The Balaban J connectivity index is 1.32. The van der Waals surface area contributed by atoms with Crippen LogP contribution in [0.4, 0.5) is 0 Å². The van der Waals surface area contributed by atoms with E-state index in [-0.39, 0.29) is 23.3 Å². The van der Waals surface area contributed by atoms with Crippen LogP contribution in [-0.4, -0.2) is 40.8 Å². The average molecular weight is 341 g/mol. The van der Waals surface area contributed by atoms with E-state index in [0.29, 0.717) is 11.3 Å². The highest BCUT2D eigenvalue weighted by molar-refractivity contribution is 7.07. The third-order valence-corrected chi connectivity index (χ3v) is 5.82. The van der Waals surface area contributed by atoms with Gasteiger partial charge in [-0.05, 0) is 36.8 Å². The van der Waals surface area contributed by atoms with E-state index in [1.807, 2.05) is 35.2 Å². The van der Waals surface area contributed by atoms with Gasteiger partial charge in [-0.25, -0.2) is 4.98 Å². The van der Waals surface area contributed by atoms with E-state index >= 15 is 0 Å². The quantitative estimate of drug-likeness (QED) is 0.933. The van der Waals surface area contributed by atoms with Crippen LogP contribution >= 0.6 is 11.3 Å². The fraction of sp³-hybridized carbons (Fsp3) is 0.389. The van der Waals surface area contributed by atoms with Gasteiger partial charge in [0.15, 0.2) is 0 Å². The molecule has 124 valence electrons. The van der Waals surface area contributed by atoms with Gasteiger partial charge in [-0.15, -0.1) is 11.3 Å². The summed E-state index contributed by atoms with van der Waals surface area (Å²) in [5, 5.41) is 4.95. The number of rotatable bonds is 3. The summed E-state index contributed by atoms with van der Waals surface area (Å²) in [6.07, 6.45) is 2.91. The summed E-state index contributed by atoms with van der Waals surface area (Å²) >= 11 is 1.44. The fourth-order valence-electron chi connectivity index (χ4n) is 3.57. The third-order valence-electron chi connectivity index (χ3n) is 5.23. The molecule has 2 aromatic rings. The summed E-state index contributed by atoms with van der Waals surface area (Å²) in [7, 11) is 0. The highest BCUT2D eigenvalue weighted by Crippen LogP contribution is 2.54. The molecule has 1 aliphatic carbocycles. The van der Waals surface area contributed by atoms with E-state index in [9.17, 15) is 9.59 Å². The molecule has 1 aromatic heterocycles. The molecule has 1 N–H and O–H groups in total. The second-order valence-corrected chi connectivity index (χ2v) is 7.34. The number of nitrogens with zero attached hydrogens (tertiary/aromatic N) is 2. The highest BCUT2D eigenvalue weighted by Gasteiger charge is 2.56. The molecular formula is C18H19N3O2S. The molecule has 1 aromatic carbocycles. The second kappa shape index (κ2) is 6.02. The number of hydrogen-bond donors (Lipinski definition) is 1. The van der Waals surface area contributed by atoms with Gasteiger partial charge in [0.2, 0.25) is 0 Å². The number of amides is 2. The van der Waals surface area contributed by atoms with Crippen LogP contribution in [0.15, 0.2) is 41.2 Å². The van der Waals surface area contributed by atoms with Gasteiger partial charge in [0.1, 0.15) is 5.69 Å². The minimum atomic E-state index is -0.00143. The summed E-state index contributed by atoms with van der Waals surface area (Å²) in [5.41, 5.74) is 3.12. The first kappa shape index (κ1) is 15.3. The minimum absolute atomic E-state index is 0.00143. The summed E-state index contributed by atoms with van der Waals surface area (Å²) in [6.45, 7) is 1.49. The normalized spacial score (nSPS) is 21.5. The van der Waals surface area contributed by atoms with Crippen LogP contribution in [0, 0.1) is 5.41 Å². The van der Waals surface area contributed by atoms with Crippen LogP contribution < -0.4 is 5.32 Å². The molecule has 1 unspecified atom stereocenters. The van der Waals surface area contributed by atoms with Crippen molar-refractivity contribution < 1.29 is 9.59 Å².